The molecule has 0 aromatic carbocycles. The van der Waals surface area contributed by atoms with Gasteiger partial charge < -0.3 is 9.47 Å². The molecule has 0 heterocycles. The van der Waals surface area contributed by atoms with Gasteiger partial charge >= 0.3 is 0 Å². The Labute approximate surface area is 110 Å². The normalized spacial score (nSPS) is 10.6. The third-order valence-corrected chi connectivity index (χ3v) is 2.45. The first-order valence-electron chi connectivity index (χ1n) is 5.60. The SMILES string of the molecule is C=COC(C)(C)C(C)=O.C=COC(C)(C)C(C)=O. The molecule has 0 aromatic rings. The predicted molar refractivity (Wildman–Crippen MR) is 72.1 cm³/mol. The van der Waals surface area contributed by atoms with Crippen molar-refractivity contribution in [3.63, 3.8) is 0 Å². The lowest BCUT2D eigenvalue weighted by molar-refractivity contribution is -0.132. The zero-order valence-corrected chi connectivity index (χ0v) is 12.2. The van der Waals surface area contributed by atoms with Crippen molar-refractivity contribution in [2.75, 3.05) is 0 Å². The smallest absolute Gasteiger partial charge is 0.172 e. The number of ketones is 2. The molecule has 0 aromatic heterocycles. The van der Waals surface area contributed by atoms with E-state index in [0.29, 0.717) is 0 Å². The highest BCUT2D eigenvalue weighted by molar-refractivity contribution is 5.84. The van der Waals surface area contributed by atoms with E-state index >= 15 is 0 Å². The summed E-state index contributed by atoms with van der Waals surface area (Å²) in [6, 6.07) is 0. The van der Waals surface area contributed by atoms with Gasteiger partial charge in [-0.3, -0.25) is 9.59 Å². The molecule has 18 heavy (non-hydrogen) atoms. The predicted octanol–water partition coefficient (Wildman–Crippen LogP) is 3.03. The highest BCUT2D eigenvalue weighted by Gasteiger charge is 2.23. The fourth-order valence-corrected chi connectivity index (χ4v) is 0.583. The van der Waals surface area contributed by atoms with Crippen molar-refractivity contribution >= 4 is 11.6 Å². The van der Waals surface area contributed by atoms with Gasteiger partial charge in [0.1, 0.15) is 0 Å². The van der Waals surface area contributed by atoms with E-state index in [1.54, 1.807) is 27.7 Å². The summed E-state index contributed by atoms with van der Waals surface area (Å²) in [7, 11) is 0. The van der Waals surface area contributed by atoms with Crippen molar-refractivity contribution in [2.24, 2.45) is 0 Å². The third-order valence-electron chi connectivity index (χ3n) is 2.45. The Balaban J connectivity index is 0. The number of Topliss-reactive ketones (excluding diaryl/α,β-unsaturated/α-hetero) is 2. The minimum Gasteiger partial charge on any atom is -0.488 e. The third kappa shape index (κ3) is 7.65. The molecule has 0 atom stereocenters. The van der Waals surface area contributed by atoms with E-state index < -0.39 is 11.2 Å². The maximum atomic E-state index is 10.7. The molecule has 104 valence electrons. The first-order chi connectivity index (χ1) is 8.01. The second-order valence-corrected chi connectivity index (χ2v) is 4.70. The van der Waals surface area contributed by atoms with Crippen molar-refractivity contribution < 1.29 is 19.1 Å². The Kier molecular flexibility index (Phi) is 8.02. The summed E-state index contributed by atoms with van der Waals surface area (Å²) in [5.41, 5.74) is -1.41. The van der Waals surface area contributed by atoms with Gasteiger partial charge in [-0.2, -0.15) is 0 Å². The molecule has 0 N–H and O–H groups in total. The van der Waals surface area contributed by atoms with E-state index in [2.05, 4.69) is 13.2 Å². The van der Waals surface area contributed by atoms with Gasteiger partial charge in [-0.1, -0.05) is 13.2 Å². The standard InChI is InChI=1S/2C7H12O2/c2*1-5-9-7(3,4)6(2)8/h2*5H,1H2,2-4H3. The van der Waals surface area contributed by atoms with Crippen LogP contribution in [0, 0.1) is 0 Å². The monoisotopic (exact) mass is 256 g/mol. The van der Waals surface area contributed by atoms with Crippen LogP contribution in [0.4, 0.5) is 0 Å². The van der Waals surface area contributed by atoms with Crippen molar-refractivity contribution in [1.29, 1.82) is 0 Å². The summed E-state index contributed by atoms with van der Waals surface area (Å²) in [5.74, 6) is 0.00444. The minimum atomic E-state index is -0.707. The molecule has 0 aliphatic rings. The molecule has 0 aliphatic heterocycles. The van der Waals surface area contributed by atoms with Crippen molar-refractivity contribution in [1.82, 2.24) is 0 Å². The summed E-state index contributed by atoms with van der Waals surface area (Å²) >= 11 is 0. The van der Waals surface area contributed by atoms with Crippen LogP contribution in [0.25, 0.3) is 0 Å². The molecule has 0 aliphatic carbocycles. The molecule has 0 bridgehead atoms. The molecular formula is C14H24O4. The van der Waals surface area contributed by atoms with E-state index in [9.17, 15) is 9.59 Å². The van der Waals surface area contributed by atoms with Gasteiger partial charge in [-0.25, -0.2) is 0 Å². The van der Waals surface area contributed by atoms with Gasteiger partial charge in [0.05, 0.1) is 12.5 Å². The maximum absolute atomic E-state index is 10.7. The number of hydrogen-bond donors (Lipinski definition) is 0. The first-order valence-corrected chi connectivity index (χ1v) is 5.60. The molecule has 0 saturated heterocycles. The Morgan fingerprint density at radius 2 is 1.06 bits per heavy atom. The average Bonchev–Trinajstić information content (AvgIpc) is 2.17. The van der Waals surface area contributed by atoms with E-state index in [4.69, 9.17) is 9.47 Å². The number of ether oxygens (including phenoxy) is 2. The molecule has 0 spiro atoms. The van der Waals surface area contributed by atoms with Crippen LogP contribution in [0.15, 0.2) is 25.7 Å². The molecule has 0 unspecified atom stereocenters. The molecule has 0 saturated carbocycles. The molecule has 0 radical (unpaired) electrons. The highest BCUT2D eigenvalue weighted by Crippen LogP contribution is 2.10. The van der Waals surface area contributed by atoms with Crippen LogP contribution in [0.2, 0.25) is 0 Å². The fourth-order valence-electron chi connectivity index (χ4n) is 0.583. The number of carbonyl (C=O) groups excluding carboxylic acids is 2. The zero-order chi connectivity index (χ0) is 15.0. The lowest BCUT2D eigenvalue weighted by Crippen LogP contribution is -2.30. The van der Waals surface area contributed by atoms with Gasteiger partial charge in [-0.15, -0.1) is 0 Å². The second-order valence-electron chi connectivity index (χ2n) is 4.70. The van der Waals surface area contributed by atoms with Crippen LogP contribution in [0.3, 0.4) is 0 Å². The van der Waals surface area contributed by atoms with Crippen LogP contribution in [0.1, 0.15) is 41.5 Å². The van der Waals surface area contributed by atoms with E-state index in [1.807, 2.05) is 0 Å². The topological polar surface area (TPSA) is 52.6 Å². The number of rotatable bonds is 6. The highest BCUT2D eigenvalue weighted by atomic mass is 16.5. The van der Waals surface area contributed by atoms with Crippen LogP contribution < -0.4 is 0 Å². The van der Waals surface area contributed by atoms with E-state index in [1.165, 1.54) is 26.4 Å². The van der Waals surface area contributed by atoms with Gasteiger partial charge in [0.2, 0.25) is 0 Å². The van der Waals surface area contributed by atoms with Crippen LogP contribution >= 0.6 is 0 Å². The summed E-state index contributed by atoms with van der Waals surface area (Å²) in [6.45, 7) is 16.5. The zero-order valence-electron chi connectivity index (χ0n) is 12.2. The molecule has 0 amide bonds. The summed E-state index contributed by atoms with van der Waals surface area (Å²) < 4.78 is 9.81. The summed E-state index contributed by atoms with van der Waals surface area (Å²) in [6.07, 6.45) is 2.56. The summed E-state index contributed by atoms with van der Waals surface area (Å²) in [4.78, 5) is 21.4. The Bertz CT molecular complexity index is 282. The van der Waals surface area contributed by atoms with Crippen LogP contribution in [-0.2, 0) is 19.1 Å². The largest absolute Gasteiger partial charge is 0.488 e. The van der Waals surface area contributed by atoms with Crippen molar-refractivity contribution in [3.8, 4) is 0 Å². The van der Waals surface area contributed by atoms with Crippen molar-refractivity contribution in [2.45, 2.75) is 52.7 Å². The fraction of sp³-hybridized carbons (Fsp3) is 0.571. The molecular weight excluding hydrogens is 232 g/mol. The molecule has 0 fully saturated rings. The average molecular weight is 256 g/mol. The molecule has 4 heteroatoms. The van der Waals surface area contributed by atoms with Gasteiger partial charge in [0, 0.05) is 0 Å². The molecule has 0 rings (SSSR count). The van der Waals surface area contributed by atoms with Gasteiger partial charge in [0.25, 0.3) is 0 Å². The Morgan fingerprint density at radius 1 is 0.833 bits per heavy atom. The first kappa shape index (κ1) is 18.8. The quantitative estimate of drug-likeness (QED) is 0.685. The van der Waals surface area contributed by atoms with Gasteiger partial charge in [-0.05, 0) is 41.5 Å². The van der Waals surface area contributed by atoms with Crippen LogP contribution in [0.5, 0.6) is 0 Å². The summed E-state index contributed by atoms with van der Waals surface area (Å²) in [5, 5.41) is 0. The van der Waals surface area contributed by atoms with E-state index in [0.717, 1.165) is 0 Å². The van der Waals surface area contributed by atoms with Crippen molar-refractivity contribution in [3.05, 3.63) is 25.7 Å². The maximum Gasteiger partial charge on any atom is 0.172 e. The Morgan fingerprint density at radius 3 is 1.11 bits per heavy atom. The van der Waals surface area contributed by atoms with E-state index in [-0.39, 0.29) is 11.6 Å². The molecule has 4 nitrogen and oxygen atoms in total. The second kappa shape index (κ2) is 7.69. The lowest BCUT2D eigenvalue weighted by Gasteiger charge is -2.19. The number of hydrogen-bond acceptors (Lipinski definition) is 4. The Hall–Kier alpha value is -1.58. The minimum absolute atomic E-state index is 0.00222. The van der Waals surface area contributed by atoms with Gasteiger partial charge in [0.15, 0.2) is 22.8 Å². The van der Waals surface area contributed by atoms with Crippen LogP contribution in [-0.4, -0.2) is 22.8 Å². The number of carbonyl (C=O) groups is 2. The lowest BCUT2D eigenvalue weighted by atomic mass is 10.1.